The van der Waals surface area contributed by atoms with E-state index in [0.29, 0.717) is 18.5 Å². The van der Waals surface area contributed by atoms with Gasteiger partial charge in [-0.25, -0.2) is 0 Å². The smallest absolute Gasteiger partial charge is 0.376 e. The second-order valence-electron chi connectivity index (χ2n) is 6.19. The molecule has 0 spiro atoms. The van der Waals surface area contributed by atoms with Gasteiger partial charge < -0.3 is 15.5 Å². The maximum absolute atomic E-state index is 12.9. The predicted octanol–water partition coefficient (Wildman–Crippen LogP) is 3.94. The fraction of sp³-hybridized carbons (Fsp3) is 0.562. The van der Waals surface area contributed by atoms with Gasteiger partial charge in [0.2, 0.25) is 5.91 Å². The second-order valence-corrected chi connectivity index (χ2v) is 6.19. The van der Waals surface area contributed by atoms with Crippen LogP contribution in [0, 0.1) is 5.92 Å². The first kappa shape index (κ1) is 23.8. The van der Waals surface area contributed by atoms with Crippen LogP contribution in [-0.4, -0.2) is 32.6 Å². The molecule has 25 heavy (non-hydrogen) atoms. The Kier molecular flexibility index (Phi) is 9.05. The van der Waals surface area contributed by atoms with E-state index in [1.54, 1.807) is 19.0 Å². The number of carbonyl (C=O) groups excluding carboxylic acids is 1. The normalized spacial score (nSPS) is 20.1. The van der Waals surface area contributed by atoms with Crippen LogP contribution in [0.5, 0.6) is 0 Å². The lowest BCUT2D eigenvalue weighted by molar-refractivity contribution is -0.137. The number of nitrogens with one attached hydrogen (secondary N) is 2. The van der Waals surface area contributed by atoms with E-state index in [1.165, 1.54) is 6.07 Å². The maximum Gasteiger partial charge on any atom is 0.416 e. The third-order valence-corrected chi connectivity index (χ3v) is 4.06. The summed E-state index contributed by atoms with van der Waals surface area (Å²) >= 11 is 0. The zero-order valence-corrected chi connectivity index (χ0v) is 15.9. The molecule has 2 N–H and O–H groups in total. The summed E-state index contributed by atoms with van der Waals surface area (Å²) in [5.74, 6) is -0.406. The summed E-state index contributed by atoms with van der Waals surface area (Å²) in [7, 11) is 3.45. The highest BCUT2D eigenvalue weighted by Gasteiger charge is 2.32. The summed E-state index contributed by atoms with van der Waals surface area (Å²) < 4.78 is 38.7. The van der Waals surface area contributed by atoms with Gasteiger partial charge in [0.25, 0.3) is 0 Å². The van der Waals surface area contributed by atoms with Crippen LogP contribution in [0.2, 0.25) is 0 Å². The Morgan fingerprint density at radius 2 is 1.92 bits per heavy atom. The Balaban J connectivity index is 0.00000288. The zero-order valence-electron chi connectivity index (χ0n) is 14.3. The van der Waals surface area contributed by atoms with E-state index < -0.39 is 11.7 Å². The third-order valence-electron chi connectivity index (χ3n) is 4.06. The van der Waals surface area contributed by atoms with Crippen LogP contribution >= 0.6 is 24.8 Å². The molecule has 1 heterocycles. The summed E-state index contributed by atoms with van der Waals surface area (Å²) in [4.78, 5) is 14.1. The van der Waals surface area contributed by atoms with E-state index in [9.17, 15) is 18.0 Å². The Labute approximate surface area is 158 Å². The van der Waals surface area contributed by atoms with Crippen LogP contribution in [0.25, 0.3) is 0 Å². The molecule has 1 aliphatic rings. The van der Waals surface area contributed by atoms with E-state index in [4.69, 9.17) is 0 Å². The van der Waals surface area contributed by atoms with Crippen LogP contribution < -0.4 is 15.5 Å². The van der Waals surface area contributed by atoms with Crippen LogP contribution in [0.1, 0.15) is 25.3 Å². The van der Waals surface area contributed by atoms with Gasteiger partial charge in [-0.05, 0) is 44.5 Å². The van der Waals surface area contributed by atoms with Crippen LogP contribution in [0.4, 0.5) is 24.5 Å². The number of hydrogen-bond donors (Lipinski definition) is 2. The van der Waals surface area contributed by atoms with E-state index in [2.05, 4.69) is 10.6 Å². The summed E-state index contributed by atoms with van der Waals surface area (Å²) in [5.41, 5.74) is -0.0218. The number of amides is 1. The number of alkyl halides is 3. The molecule has 4 nitrogen and oxygen atoms in total. The molecule has 1 aliphatic heterocycles. The number of rotatable bonds is 3. The van der Waals surface area contributed by atoms with Crippen molar-refractivity contribution >= 4 is 42.1 Å². The van der Waals surface area contributed by atoms with Crippen molar-refractivity contribution < 1.29 is 18.0 Å². The average Bonchev–Trinajstić information content (AvgIpc) is 2.46. The van der Waals surface area contributed by atoms with E-state index >= 15 is 0 Å². The van der Waals surface area contributed by atoms with Gasteiger partial charge in [-0.2, -0.15) is 13.2 Å². The largest absolute Gasteiger partial charge is 0.416 e. The summed E-state index contributed by atoms with van der Waals surface area (Å²) in [6, 6.07) is 3.63. The number of carbonyl (C=O) groups is 1. The quantitative estimate of drug-likeness (QED) is 0.805. The van der Waals surface area contributed by atoms with Crippen molar-refractivity contribution in [2.75, 3.05) is 30.9 Å². The fourth-order valence-electron chi connectivity index (χ4n) is 2.81. The zero-order chi connectivity index (χ0) is 17.2. The Morgan fingerprint density at radius 1 is 1.28 bits per heavy atom. The minimum Gasteiger partial charge on any atom is -0.376 e. The van der Waals surface area contributed by atoms with Gasteiger partial charge >= 0.3 is 6.18 Å². The van der Waals surface area contributed by atoms with Crippen LogP contribution in [0.3, 0.4) is 0 Å². The molecular formula is C16H24Cl2F3N3O. The van der Waals surface area contributed by atoms with Gasteiger partial charge in [0.15, 0.2) is 0 Å². The maximum atomic E-state index is 12.9. The highest BCUT2D eigenvalue weighted by Crippen LogP contribution is 2.35. The van der Waals surface area contributed by atoms with Gasteiger partial charge in [0.1, 0.15) is 0 Å². The lowest BCUT2D eigenvalue weighted by Crippen LogP contribution is -2.40. The second kappa shape index (κ2) is 9.50. The van der Waals surface area contributed by atoms with Crippen molar-refractivity contribution in [3.63, 3.8) is 0 Å². The Hall–Kier alpha value is -1.18. The molecule has 0 bridgehead atoms. The molecule has 1 aromatic carbocycles. The number of piperidine rings is 1. The Morgan fingerprint density at radius 3 is 2.44 bits per heavy atom. The van der Waals surface area contributed by atoms with Crippen molar-refractivity contribution in [3.8, 4) is 0 Å². The van der Waals surface area contributed by atoms with Crippen molar-refractivity contribution in [2.24, 2.45) is 5.92 Å². The molecular weight excluding hydrogens is 378 g/mol. The van der Waals surface area contributed by atoms with Crippen LogP contribution in [-0.2, 0) is 11.0 Å². The highest BCUT2D eigenvalue weighted by molar-refractivity contribution is 5.96. The number of benzene rings is 1. The first-order valence-corrected chi connectivity index (χ1v) is 7.61. The van der Waals surface area contributed by atoms with Crippen molar-refractivity contribution in [1.82, 2.24) is 5.32 Å². The van der Waals surface area contributed by atoms with Crippen LogP contribution in [0.15, 0.2) is 18.2 Å². The first-order valence-electron chi connectivity index (χ1n) is 7.61. The number of anilines is 2. The summed E-state index contributed by atoms with van der Waals surface area (Å²) in [6.45, 7) is 2.73. The van der Waals surface area contributed by atoms with Gasteiger partial charge in [-0.3, -0.25) is 4.79 Å². The Bertz CT molecular complexity index is 582. The molecule has 0 unspecified atom stereocenters. The topological polar surface area (TPSA) is 44.4 Å². The average molecular weight is 402 g/mol. The molecule has 1 fully saturated rings. The molecule has 0 radical (unpaired) electrons. The first-order chi connectivity index (χ1) is 10.7. The predicted molar refractivity (Wildman–Crippen MR) is 99.1 cm³/mol. The molecule has 1 aromatic rings. The number of halogens is 5. The van der Waals surface area contributed by atoms with Crippen molar-refractivity contribution in [1.29, 1.82) is 0 Å². The monoisotopic (exact) mass is 401 g/mol. The van der Waals surface area contributed by atoms with Gasteiger partial charge in [-0.15, -0.1) is 24.8 Å². The van der Waals surface area contributed by atoms with Gasteiger partial charge in [-0.1, -0.05) is 0 Å². The summed E-state index contributed by atoms with van der Waals surface area (Å²) in [6.07, 6.45) is -3.07. The minimum atomic E-state index is -4.44. The van der Waals surface area contributed by atoms with E-state index in [-0.39, 0.29) is 48.4 Å². The molecule has 9 heteroatoms. The molecule has 2 atom stereocenters. The molecule has 1 amide bonds. The van der Waals surface area contributed by atoms with Gasteiger partial charge in [0.05, 0.1) is 16.9 Å². The molecule has 2 rings (SSSR count). The SMILES string of the molecule is C[C@H]1C[C@@H](C(=O)Nc2cc(C(F)(F)F)ccc2N(C)C)CCN1.Cl.Cl. The minimum absolute atomic E-state index is 0. The molecule has 0 aliphatic carbocycles. The summed E-state index contributed by atoms with van der Waals surface area (Å²) in [5, 5.41) is 5.94. The van der Waals surface area contributed by atoms with Crippen molar-refractivity contribution in [3.05, 3.63) is 23.8 Å². The lowest BCUT2D eigenvalue weighted by Gasteiger charge is -2.28. The van der Waals surface area contributed by atoms with Gasteiger partial charge in [0, 0.05) is 26.1 Å². The molecule has 0 saturated carbocycles. The lowest BCUT2D eigenvalue weighted by atomic mass is 9.92. The molecule has 144 valence electrons. The number of hydrogen-bond acceptors (Lipinski definition) is 3. The van der Waals surface area contributed by atoms with E-state index in [1.807, 2.05) is 6.92 Å². The fourth-order valence-corrected chi connectivity index (χ4v) is 2.81. The van der Waals surface area contributed by atoms with E-state index in [0.717, 1.165) is 18.7 Å². The number of nitrogens with zero attached hydrogens (tertiary/aromatic N) is 1. The molecule has 0 aromatic heterocycles. The standard InChI is InChI=1S/C16H22F3N3O.2ClH/c1-10-8-11(6-7-20-10)15(23)21-13-9-12(16(17,18)19)4-5-14(13)22(2)3;;/h4-5,9-11,20H,6-8H2,1-3H3,(H,21,23);2*1H/t10-,11-;;/m0../s1. The highest BCUT2D eigenvalue weighted by atomic mass is 35.5. The third kappa shape index (κ3) is 6.24. The van der Waals surface area contributed by atoms with Crippen molar-refractivity contribution in [2.45, 2.75) is 32.0 Å². The molecule has 1 saturated heterocycles.